The molecule has 0 heterocycles. The van der Waals surface area contributed by atoms with E-state index in [0.717, 1.165) is 0 Å². The van der Waals surface area contributed by atoms with Gasteiger partial charge in [0.15, 0.2) is 0 Å². The van der Waals surface area contributed by atoms with Gasteiger partial charge in [0.1, 0.15) is 13.2 Å². The lowest BCUT2D eigenvalue weighted by molar-refractivity contribution is -0.156. The lowest BCUT2D eigenvalue weighted by atomic mass is 10.1. The second kappa shape index (κ2) is 15.7. The zero-order valence-corrected chi connectivity index (χ0v) is 14.2. The number of methoxy groups -OCH3 is 2. The highest BCUT2D eigenvalue weighted by molar-refractivity contribution is 5.79. The van der Waals surface area contributed by atoms with Crippen molar-refractivity contribution in [3.8, 4) is 0 Å². The standard InChI is InChI=1S/C15H28O8/c1-13(15(17)23-11-9-21-7-5-19-3)12-14(16)22-10-8-20-6-4-18-2/h13H,4-12H2,1-3H3. The SMILES string of the molecule is COCCOCCOC(=O)CC(C)C(=O)OCCOCCOC. The van der Waals surface area contributed by atoms with E-state index >= 15 is 0 Å². The number of carbonyl (C=O) groups is 2. The second-order valence-corrected chi connectivity index (χ2v) is 4.70. The van der Waals surface area contributed by atoms with Gasteiger partial charge in [-0.3, -0.25) is 9.59 Å². The number of ether oxygens (including phenoxy) is 6. The maximum Gasteiger partial charge on any atom is 0.309 e. The first-order valence-corrected chi connectivity index (χ1v) is 7.57. The summed E-state index contributed by atoms with van der Waals surface area (Å²) < 4.78 is 29.9. The third-order valence-electron chi connectivity index (χ3n) is 2.70. The predicted octanol–water partition coefficient (Wildman–Crippen LogP) is 0.425. The molecule has 0 radical (unpaired) electrons. The molecule has 0 aliphatic heterocycles. The molecule has 0 aromatic heterocycles. The second-order valence-electron chi connectivity index (χ2n) is 4.70. The fourth-order valence-electron chi connectivity index (χ4n) is 1.44. The van der Waals surface area contributed by atoms with Crippen molar-refractivity contribution in [1.82, 2.24) is 0 Å². The topological polar surface area (TPSA) is 89.5 Å². The molecule has 8 nitrogen and oxygen atoms in total. The van der Waals surface area contributed by atoms with Gasteiger partial charge in [0.2, 0.25) is 0 Å². The third-order valence-corrected chi connectivity index (χ3v) is 2.70. The zero-order chi connectivity index (χ0) is 17.3. The molecule has 0 spiro atoms. The Morgan fingerprint density at radius 1 is 0.739 bits per heavy atom. The maximum atomic E-state index is 11.7. The van der Waals surface area contributed by atoms with Crippen molar-refractivity contribution in [1.29, 1.82) is 0 Å². The molecular weight excluding hydrogens is 308 g/mol. The van der Waals surface area contributed by atoms with Crippen molar-refractivity contribution < 1.29 is 38.0 Å². The predicted molar refractivity (Wildman–Crippen MR) is 81.1 cm³/mol. The van der Waals surface area contributed by atoms with E-state index in [1.807, 2.05) is 0 Å². The van der Waals surface area contributed by atoms with Gasteiger partial charge in [-0.25, -0.2) is 0 Å². The van der Waals surface area contributed by atoms with Gasteiger partial charge in [0.25, 0.3) is 0 Å². The Kier molecular flexibility index (Phi) is 14.8. The van der Waals surface area contributed by atoms with Gasteiger partial charge in [0, 0.05) is 14.2 Å². The van der Waals surface area contributed by atoms with Crippen molar-refractivity contribution in [3.63, 3.8) is 0 Å². The van der Waals surface area contributed by atoms with E-state index in [1.54, 1.807) is 21.1 Å². The van der Waals surface area contributed by atoms with Crippen LogP contribution in [0.2, 0.25) is 0 Å². The summed E-state index contributed by atoms with van der Waals surface area (Å²) >= 11 is 0. The number of esters is 2. The minimum Gasteiger partial charge on any atom is -0.463 e. The Bertz CT molecular complexity index is 308. The van der Waals surface area contributed by atoms with Crippen molar-refractivity contribution >= 4 is 11.9 Å². The van der Waals surface area contributed by atoms with Crippen LogP contribution in [0.4, 0.5) is 0 Å². The Labute approximate surface area is 137 Å². The Hall–Kier alpha value is -1.22. The summed E-state index contributed by atoms with van der Waals surface area (Å²) in [7, 11) is 3.16. The maximum absolute atomic E-state index is 11.7. The van der Waals surface area contributed by atoms with Crippen LogP contribution in [0.5, 0.6) is 0 Å². The molecule has 1 atom stereocenters. The average molecular weight is 336 g/mol. The van der Waals surface area contributed by atoms with E-state index in [9.17, 15) is 9.59 Å². The summed E-state index contributed by atoms with van der Waals surface area (Å²) in [6.07, 6.45) is -0.0264. The highest BCUT2D eigenvalue weighted by atomic mass is 16.6. The monoisotopic (exact) mass is 336 g/mol. The summed E-state index contributed by atoms with van der Waals surface area (Å²) in [5, 5.41) is 0. The summed E-state index contributed by atoms with van der Waals surface area (Å²) in [6.45, 7) is 4.39. The molecule has 0 N–H and O–H groups in total. The third kappa shape index (κ3) is 14.1. The molecule has 1 unspecified atom stereocenters. The molecular formula is C15H28O8. The van der Waals surface area contributed by atoms with Gasteiger partial charge in [-0.15, -0.1) is 0 Å². The Balaban J connectivity index is 3.59. The van der Waals surface area contributed by atoms with Gasteiger partial charge in [-0.2, -0.15) is 0 Å². The summed E-state index contributed by atoms with van der Waals surface area (Å²) in [5.74, 6) is -1.47. The van der Waals surface area contributed by atoms with Crippen LogP contribution in [0.25, 0.3) is 0 Å². The first-order chi connectivity index (χ1) is 11.1. The number of carbonyl (C=O) groups excluding carboxylic acids is 2. The molecule has 136 valence electrons. The molecule has 23 heavy (non-hydrogen) atoms. The van der Waals surface area contributed by atoms with E-state index in [-0.39, 0.29) is 19.6 Å². The van der Waals surface area contributed by atoms with E-state index < -0.39 is 17.9 Å². The molecule has 0 saturated carbocycles. The molecule has 0 aliphatic rings. The quantitative estimate of drug-likeness (QED) is 0.314. The normalized spacial score (nSPS) is 12.0. The molecule has 0 rings (SSSR count). The average Bonchev–Trinajstić information content (AvgIpc) is 2.53. The fraction of sp³-hybridized carbons (Fsp3) is 0.867. The van der Waals surface area contributed by atoms with E-state index in [2.05, 4.69) is 0 Å². The van der Waals surface area contributed by atoms with Crippen LogP contribution in [0.15, 0.2) is 0 Å². The van der Waals surface area contributed by atoms with Crippen LogP contribution in [-0.4, -0.2) is 79.0 Å². The van der Waals surface area contributed by atoms with Gasteiger partial charge in [-0.05, 0) is 0 Å². The lowest BCUT2D eigenvalue weighted by Gasteiger charge is -2.11. The van der Waals surface area contributed by atoms with Crippen LogP contribution >= 0.6 is 0 Å². The minimum absolute atomic E-state index is 0.0264. The summed E-state index contributed by atoms with van der Waals surface area (Å²) in [4.78, 5) is 23.2. The van der Waals surface area contributed by atoms with Gasteiger partial charge < -0.3 is 28.4 Å². The Morgan fingerprint density at radius 2 is 1.22 bits per heavy atom. The summed E-state index contributed by atoms with van der Waals surface area (Å²) in [5.41, 5.74) is 0. The lowest BCUT2D eigenvalue weighted by Crippen LogP contribution is -2.22. The van der Waals surface area contributed by atoms with Gasteiger partial charge >= 0.3 is 11.9 Å². The van der Waals surface area contributed by atoms with Crippen LogP contribution in [0, 0.1) is 5.92 Å². The molecule has 0 amide bonds. The van der Waals surface area contributed by atoms with Crippen molar-refractivity contribution in [2.24, 2.45) is 5.92 Å². The van der Waals surface area contributed by atoms with Gasteiger partial charge in [0.05, 0.1) is 52.0 Å². The minimum atomic E-state index is -0.559. The van der Waals surface area contributed by atoms with E-state index in [1.165, 1.54) is 0 Å². The smallest absolute Gasteiger partial charge is 0.309 e. The van der Waals surface area contributed by atoms with Crippen molar-refractivity contribution in [2.45, 2.75) is 13.3 Å². The fourth-order valence-corrected chi connectivity index (χ4v) is 1.44. The molecule has 0 aromatic carbocycles. The first kappa shape index (κ1) is 21.8. The van der Waals surface area contributed by atoms with Crippen LogP contribution < -0.4 is 0 Å². The molecule has 0 aromatic rings. The van der Waals surface area contributed by atoms with Crippen LogP contribution in [0.3, 0.4) is 0 Å². The van der Waals surface area contributed by atoms with Crippen molar-refractivity contribution in [3.05, 3.63) is 0 Å². The van der Waals surface area contributed by atoms with E-state index in [0.29, 0.717) is 39.6 Å². The van der Waals surface area contributed by atoms with Crippen LogP contribution in [0.1, 0.15) is 13.3 Å². The molecule has 0 fully saturated rings. The molecule has 8 heteroatoms. The van der Waals surface area contributed by atoms with Crippen molar-refractivity contribution in [2.75, 3.05) is 67.1 Å². The van der Waals surface area contributed by atoms with Crippen LogP contribution in [-0.2, 0) is 38.0 Å². The largest absolute Gasteiger partial charge is 0.463 e. The first-order valence-electron chi connectivity index (χ1n) is 7.57. The molecule has 0 aliphatic carbocycles. The van der Waals surface area contributed by atoms with E-state index in [4.69, 9.17) is 28.4 Å². The zero-order valence-electron chi connectivity index (χ0n) is 14.2. The number of hydrogen-bond acceptors (Lipinski definition) is 8. The number of hydrogen-bond donors (Lipinski definition) is 0. The number of rotatable bonds is 15. The summed E-state index contributed by atoms with van der Waals surface area (Å²) in [6, 6.07) is 0. The Morgan fingerprint density at radius 3 is 1.74 bits per heavy atom. The molecule has 0 bridgehead atoms. The van der Waals surface area contributed by atoms with Gasteiger partial charge in [-0.1, -0.05) is 6.92 Å². The molecule has 0 saturated heterocycles. The highest BCUT2D eigenvalue weighted by Crippen LogP contribution is 2.06. The highest BCUT2D eigenvalue weighted by Gasteiger charge is 2.19.